The van der Waals surface area contributed by atoms with E-state index in [1.165, 1.54) is 9.87 Å². The highest BCUT2D eigenvalue weighted by Gasteiger charge is 2.47. The predicted octanol–water partition coefficient (Wildman–Crippen LogP) is 3.37. The second-order valence-corrected chi connectivity index (χ2v) is 10.6. The molecule has 6 nitrogen and oxygen atoms in total. The van der Waals surface area contributed by atoms with E-state index in [9.17, 15) is 8.42 Å². The average molecular weight is 442 g/mol. The molecule has 0 unspecified atom stereocenters. The number of sulfonamides is 1. The minimum Gasteiger partial charge on any atom is -0.483 e. The van der Waals surface area contributed by atoms with Crippen LogP contribution in [0.25, 0.3) is 0 Å². The molecule has 2 aliphatic rings. The third-order valence-corrected chi connectivity index (χ3v) is 8.27. The largest absolute Gasteiger partial charge is 0.483 e. The SMILES string of the molecule is O=S1(=O)c2ccccc2O[C@]2(CCN(Cc3ccsc3)C2)CN1Cc1ccccn1. The Bertz CT molecular complexity index is 1120. The molecule has 0 amide bonds. The molecule has 0 N–H and O–H groups in total. The summed E-state index contributed by atoms with van der Waals surface area (Å²) >= 11 is 1.69. The molecule has 1 spiro atoms. The molecule has 30 heavy (non-hydrogen) atoms. The van der Waals surface area contributed by atoms with Gasteiger partial charge in [0.2, 0.25) is 10.0 Å². The number of likely N-dealkylation sites (tertiary alicyclic amines) is 1. The predicted molar refractivity (Wildman–Crippen MR) is 116 cm³/mol. The van der Waals surface area contributed by atoms with Crippen LogP contribution in [0.4, 0.5) is 0 Å². The van der Waals surface area contributed by atoms with E-state index in [0.29, 0.717) is 18.8 Å². The maximum Gasteiger partial charge on any atom is 0.247 e. The van der Waals surface area contributed by atoms with Crippen molar-refractivity contribution in [3.05, 3.63) is 76.7 Å². The number of nitrogens with zero attached hydrogens (tertiary/aromatic N) is 3. The summed E-state index contributed by atoms with van der Waals surface area (Å²) in [5.74, 6) is 0.443. The maximum absolute atomic E-state index is 13.5. The van der Waals surface area contributed by atoms with Crippen LogP contribution in [0.5, 0.6) is 5.75 Å². The number of para-hydroxylation sites is 1. The Morgan fingerprint density at radius 1 is 1.07 bits per heavy atom. The lowest BCUT2D eigenvalue weighted by molar-refractivity contribution is 0.0569. The summed E-state index contributed by atoms with van der Waals surface area (Å²) < 4.78 is 35.0. The van der Waals surface area contributed by atoms with Gasteiger partial charge in [-0.2, -0.15) is 15.6 Å². The van der Waals surface area contributed by atoms with E-state index < -0.39 is 15.6 Å². The Balaban J connectivity index is 1.49. The molecule has 2 aliphatic heterocycles. The van der Waals surface area contributed by atoms with E-state index in [4.69, 9.17) is 4.74 Å². The lowest BCUT2D eigenvalue weighted by Crippen LogP contribution is -2.49. The summed E-state index contributed by atoms with van der Waals surface area (Å²) in [5.41, 5.74) is 1.43. The zero-order chi connectivity index (χ0) is 20.6. The third-order valence-electron chi connectivity index (χ3n) is 5.70. The molecule has 3 aromatic rings. The van der Waals surface area contributed by atoms with Gasteiger partial charge >= 0.3 is 0 Å². The molecule has 4 heterocycles. The Kier molecular flexibility index (Phi) is 5.10. The van der Waals surface area contributed by atoms with E-state index in [-0.39, 0.29) is 11.4 Å². The van der Waals surface area contributed by atoms with Crippen LogP contribution in [0, 0.1) is 0 Å². The van der Waals surface area contributed by atoms with E-state index in [1.54, 1.807) is 35.7 Å². The Morgan fingerprint density at radius 3 is 2.73 bits per heavy atom. The number of rotatable bonds is 4. The Hall–Kier alpha value is -2.26. The molecule has 1 atom stereocenters. The highest BCUT2D eigenvalue weighted by atomic mass is 32.2. The normalized spacial score (nSPS) is 23.7. The molecule has 0 aliphatic carbocycles. The molecule has 5 rings (SSSR count). The van der Waals surface area contributed by atoms with Crippen LogP contribution in [0.2, 0.25) is 0 Å². The highest BCUT2D eigenvalue weighted by Crippen LogP contribution is 2.39. The summed E-state index contributed by atoms with van der Waals surface area (Å²) in [5, 5.41) is 4.24. The maximum atomic E-state index is 13.5. The second kappa shape index (κ2) is 7.77. The molecule has 0 bridgehead atoms. The molecule has 8 heteroatoms. The van der Waals surface area contributed by atoms with Gasteiger partial charge in [-0.15, -0.1) is 0 Å². The van der Waals surface area contributed by atoms with Gasteiger partial charge in [-0.3, -0.25) is 9.88 Å². The quantitative estimate of drug-likeness (QED) is 0.621. The smallest absolute Gasteiger partial charge is 0.247 e. The van der Waals surface area contributed by atoms with Gasteiger partial charge < -0.3 is 4.74 Å². The van der Waals surface area contributed by atoms with Gasteiger partial charge in [0.25, 0.3) is 0 Å². The molecule has 156 valence electrons. The number of hydrogen-bond acceptors (Lipinski definition) is 6. The first-order valence-corrected chi connectivity index (χ1v) is 12.3. The topological polar surface area (TPSA) is 62.7 Å². The van der Waals surface area contributed by atoms with Gasteiger partial charge in [0, 0.05) is 32.3 Å². The molecule has 0 radical (unpaired) electrons. The average Bonchev–Trinajstić information content (AvgIpc) is 3.37. The number of pyridine rings is 1. The van der Waals surface area contributed by atoms with E-state index in [2.05, 4.69) is 26.7 Å². The zero-order valence-corrected chi connectivity index (χ0v) is 18.1. The first-order chi connectivity index (χ1) is 14.5. The van der Waals surface area contributed by atoms with Crippen molar-refractivity contribution < 1.29 is 13.2 Å². The highest BCUT2D eigenvalue weighted by molar-refractivity contribution is 7.89. The monoisotopic (exact) mass is 441 g/mol. The molecule has 1 fully saturated rings. The summed E-state index contributed by atoms with van der Waals surface area (Å²) in [4.78, 5) is 6.93. The minimum absolute atomic E-state index is 0.229. The number of ether oxygens (including phenoxy) is 1. The van der Waals surface area contributed by atoms with Crippen LogP contribution in [0.15, 0.2) is 70.4 Å². The molecule has 1 aromatic carbocycles. The molecular formula is C22H23N3O3S2. The van der Waals surface area contributed by atoms with Crippen molar-refractivity contribution in [3.8, 4) is 5.75 Å². The van der Waals surface area contributed by atoms with Crippen molar-refractivity contribution in [2.45, 2.75) is 30.0 Å². The number of aromatic nitrogens is 1. The first-order valence-electron chi connectivity index (χ1n) is 9.96. The molecule has 1 saturated heterocycles. The second-order valence-electron chi connectivity index (χ2n) is 7.92. The number of benzene rings is 1. The standard InChI is InChI=1S/C22H23N3O3S2/c26-30(27)21-7-2-1-6-20(21)28-22(17-25(30)14-19-5-3-4-10-23-19)9-11-24(16-22)13-18-8-12-29-15-18/h1-8,10,12,15H,9,11,13-14,16-17H2/t22-/m0/s1. The van der Waals surface area contributed by atoms with Crippen molar-refractivity contribution >= 4 is 21.4 Å². The molecular weight excluding hydrogens is 418 g/mol. The first kappa shape index (κ1) is 19.7. The van der Waals surface area contributed by atoms with Crippen molar-refractivity contribution in [1.82, 2.24) is 14.2 Å². The van der Waals surface area contributed by atoms with Gasteiger partial charge in [-0.05, 0) is 46.7 Å². The molecule has 2 aromatic heterocycles. The van der Waals surface area contributed by atoms with Gasteiger partial charge in [0.1, 0.15) is 16.2 Å². The fourth-order valence-electron chi connectivity index (χ4n) is 4.29. The Morgan fingerprint density at radius 2 is 1.93 bits per heavy atom. The van der Waals surface area contributed by atoms with Crippen LogP contribution < -0.4 is 4.74 Å². The van der Waals surface area contributed by atoms with Crippen molar-refractivity contribution in [3.63, 3.8) is 0 Å². The van der Waals surface area contributed by atoms with Gasteiger partial charge in [0.05, 0.1) is 18.8 Å². The summed E-state index contributed by atoms with van der Waals surface area (Å²) in [7, 11) is -3.70. The van der Waals surface area contributed by atoms with Crippen molar-refractivity contribution in [2.75, 3.05) is 19.6 Å². The van der Waals surface area contributed by atoms with Crippen LogP contribution in [-0.4, -0.2) is 47.8 Å². The fourth-order valence-corrected chi connectivity index (χ4v) is 6.55. The third kappa shape index (κ3) is 3.76. The van der Waals surface area contributed by atoms with Crippen LogP contribution in [0.1, 0.15) is 17.7 Å². The Labute approximate surface area is 180 Å². The zero-order valence-electron chi connectivity index (χ0n) is 16.5. The number of fused-ring (bicyclic) bond motifs is 1. The van der Waals surface area contributed by atoms with Crippen molar-refractivity contribution in [1.29, 1.82) is 0 Å². The van der Waals surface area contributed by atoms with Gasteiger partial charge in [-0.25, -0.2) is 8.42 Å². The van der Waals surface area contributed by atoms with Crippen molar-refractivity contribution in [2.24, 2.45) is 0 Å². The van der Waals surface area contributed by atoms with Crippen LogP contribution in [0.3, 0.4) is 0 Å². The summed E-state index contributed by atoms with van der Waals surface area (Å²) in [6.07, 6.45) is 2.47. The van der Waals surface area contributed by atoms with E-state index in [0.717, 1.165) is 25.2 Å². The summed E-state index contributed by atoms with van der Waals surface area (Å²) in [6.45, 7) is 2.94. The number of hydrogen-bond donors (Lipinski definition) is 0. The van der Waals surface area contributed by atoms with Gasteiger partial charge in [0.15, 0.2) is 0 Å². The fraction of sp³-hybridized carbons (Fsp3) is 0.318. The van der Waals surface area contributed by atoms with Crippen LogP contribution in [-0.2, 0) is 23.1 Å². The number of thiophene rings is 1. The van der Waals surface area contributed by atoms with E-state index >= 15 is 0 Å². The van der Waals surface area contributed by atoms with Gasteiger partial charge in [-0.1, -0.05) is 18.2 Å². The summed E-state index contributed by atoms with van der Waals surface area (Å²) in [6, 6.07) is 14.7. The molecule has 0 saturated carbocycles. The lowest BCUT2D eigenvalue weighted by atomic mass is 10.0. The van der Waals surface area contributed by atoms with Crippen LogP contribution >= 0.6 is 11.3 Å². The van der Waals surface area contributed by atoms with E-state index in [1.807, 2.05) is 24.3 Å². The minimum atomic E-state index is -3.70. The lowest BCUT2D eigenvalue weighted by Gasteiger charge is -2.32.